The van der Waals surface area contributed by atoms with Gasteiger partial charge < -0.3 is 9.80 Å². The molecule has 6 nitrogen and oxygen atoms in total. The van der Waals surface area contributed by atoms with Crippen molar-refractivity contribution in [1.29, 1.82) is 0 Å². The lowest BCUT2D eigenvalue weighted by Crippen LogP contribution is -2.49. The van der Waals surface area contributed by atoms with Gasteiger partial charge in [0.05, 0.1) is 16.0 Å². The van der Waals surface area contributed by atoms with Crippen LogP contribution in [0, 0.1) is 0 Å². The van der Waals surface area contributed by atoms with E-state index in [9.17, 15) is 26.4 Å². The van der Waals surface area contributed by atoms with Gasteiger partial charge in [-0.25, -0.2) is 13.4 Å². The van der Waals surface area contributed by atoms with Crippen LogP contribution >= 0.6 is 11.8 Å². The molecule has 2 heterocycles. The highest BCUT2D eigenvalue weighted by Crippen LogP contribution is 2.30. The number of pyridine rings is 1. The molecule has 2 aromatic rings. The molecule has 162 valence electrons. The van der Waals surface area contributed by atoms with Crippen molar-refractivity contribution >= 4 is 33.3 Å². The fraction of sp³-hybridized carbons (Fsp3) is 0.368. The molecule has 1 aromatic carbocycles. The maximum absolute atomic E-state index is 13.0. The number of anilines is 1. The van der Waals surface area contributed by atoms with Gasteiger partial charge in [0.1, 0.15) is 5.82 Å². The van der Waals surface area contributed by atoms with Crippen molar-refractivity contribution in [2.75, 3.05) is 43.6 Å². The number of benzene rings is 1. The molecule has 0 spiro atoms. The van der Waals surface area contributed by atoms with E-state index in [1.54, 1.807) is 17.2 Å². The minimum absolute atomic E-state index is 0.0799. The Bertz CT molecular complexity index is 1030. The number of alkyl halides is 3. The molecule has 0 aliphatic carbocycles. The Balaban J connectivity index is 1.73. The van der Waals surface area contributed by atoms with Crippen LogP contribution in [-0.4, -0.2) is 62.9 Å². The van der Waals surface area contributed by atoms with E-state index in [-0.39, 0.29) is 10.8 Å². The van der Waals surface area contributed by atoms with E-state index >= 15 is 0 Å². The lowest BCUT2D eigenvalue weighted by Gasteiger charge is -2.35. The Morgan fingerprint density at radius 3 is 2.27 bits per heavy atom. The molecule has 1 aromatic heterocycles. The summed E-state index contributed by atoms with van der Waals surface area (Å²) in [5.74, 6) is 0.142. The molecule has 1 aliphatic rings. The molecule has 3 rings (SSSR count). The van der Waals surface area contributed by atoms with E-state index in [1.165, 1.54) is 30.0 Å². The highest BCUT2D eigenvalue weighted by atomic mass is 32.2. The first-order valence-electron chi connectivity index (χ1n) is 8.96. The summed E-state index contributed by atoms with van der Waals surface area (Å²) >= 11 is 1.35. The summed E-state index contributed by atoms with van der Waals surface area (Å²) in [4.78, 5) is 21.1. The molecule has 0 saturated carbocycles. The second kappa shape index (κ2) is 8.46. The van der Waals surface area contributed by atoms with Crippen LogP contribution < -0.4 is 4.90 Å². The molecular weight excluding hydrogens is 439 g/mol. The van der Waals surface area contributed by atoms with E-state index in [1.807, 2.05) is 4.90 Å². The standard InChI is InChI=1S/C19H20F3N3O3S2/c1-29-16-5-4-14(30(2,27)28)11-15(16)18(26)25-9-7-24(8-10-25)17-6-3-13(12-23-17)19(20,21)22/h3-6,11-12H,7-10H2,1-2H3. The topological polar surface area (TPSA) is 70.6 Å². The summed E-state index contributed by atoms with van der Waals surface area (Å²) in [6.07, 6.45) is -0.744. The molecule has 0 bridgehead atoms. The predicted molar refractivity (Wildman–Crippen MR) is 109 cm³/mol. The van der Waals surface area contributed by atoms with Crippen molar-refractivity contribution in [3.8, 4) is 0 Å². The van der Waals surface area contributed by atoms with E-state index < -0.39 is 21.6 Å². The maximum atomic E-state index is 13.0. The Kier molecular flexibility index (Phi) is 6.32. The third-order valence-electron chi connectivity index (χ3n) is 4.80. The average Bonchev–Trinajstić information content (AvgIpc) is 2.71. The summed E-state index contributed by atoms with van der Waals surface area (Å²) in [6, 6.07) is 6.80. The van der Waals surface area contributed by atoms with E-state index in [2.05, 4.69) is 4.98 Å². The zero-order valence-electron chi connectivity index (χ0n) is 16.3. The molecule has 0 unspecified atom stereocenters. The van der Waals surface area contributed by atoms with Crippen LogP contribution in [0.5, 0.6) is 0 Å². The Labute approximate surface area is 177 Å². The minimum Gasteiger partial charge on any atom is -0.353 e. The van der Waals surface area contributed by atoms with Crippen molar-refractivity contribution in [3.63, 3.8) is 0 Å². The number of carbonyl (C=O) groups is 1. The van der Waals surface area contributed by atoms with Crippen LogP contribution in [-0.2, 0) is 16.0 Å². The SMILES string of the molecule is CSc1ccc(S(C)(=O)=O)cc1C(=O)N1CCN(c2ccc(C(F)(F)F)cn2)CC1. The Hall–Kier alpha value is -2.27. The minimum atomic E-state index is -4.44. The number of rotatable bonds is 4. The van der Waals surface area contributed by atoms with Crippen molar-refractivity contribution in [3.05, 3.63) is 47.7 Å². The summed E-state index contributed by atoms with van der Waals surface area (Å²) in [6.45, 7) is 1.51. The second-order valence-electron chi connectivity index (χ2n) is 6.82. The number of carbonyl (C=O) groups excluding carboxylic acids is 1. The van der Waals surface area contributed by atoms with E-state index in [0.717, 1.165) is 18.5 Å². The van der Waals surface area contributed by atoms with Gasteiger partial charge in [0.2, 0.25) is 0 Å². The first-order chi connectivity index (χ1) is 14.0. The highest BCUT2D eigenvalue weighted by molar-refractivity contribution is 7.98. The van der Waals surface area contributed by atoms with Gasteiger partial charge in [-0.1, -0.05) is 0 Å². The number of aromatic nitrogens is 1. The van der Waals surface area contributed by atoms with Crippen molar-refractivity contribution in [2.24, 2.45) is 0 Å². The molecule has 0 atom stereocenters. The number of thioether (sulfide) groups is 1. The van der Waals surface area contributed by atoms with Crippen molar-refractivity contribution < 1.29 is 26.4 Å². The first kappa shape index (κ1) is 22.4. The summed E-state index contributed by atoms with van der Waals surface area (Å²) in [5.41, 5.74) is -0.484. The molecule has 1 amide bonds. The summed E-state index contributed by atoms with van der Waals surface area (Å²) < 4.78 is 61.8. The Morgan fingerprint density at radius 1 is 1.10 bits per heavy atom. The lowest BCUT2D eigenvalue weighted by molar-refractivity contribution is -0.137. The molecule has 30 heavy (non-hydrogen) atoms. The van der Waals surface area contributed by atoms with Gasteiger partial charge in [-0.2, -0.15) is 13.2 Å². The van der Waals surface area contributed by atoms with Crippen LogP contribution in [0.25, 0.3) is 0 Å². The van der Waals surface area contributed by atoms with Gasteiger partial charge in [0, 0.05) is 43.5 Å². The number of halogens is 3. The molecular formula is C19H20F3N3O3S2. The van der Waals surface area contributed by atoms with Gasteiger partial charge in [0.15, 0.2) is 9.84 Å². The monoisotopic (exact) mass is 459 g/mol. The molecule has 11 heteroatoms. The van der Waals surface area contributed by atoms with Crippen LogP contribution in [0.15, 0.2) is 46.3 Å². The van der Waals surface area contributed by atoms with Crippen LogP contribution in [0.3, 0.4) is 0 Å². The quantitative estimate of drug-likeness (QED) is 0.654. The zero-order chi connectivity index (χ0) is 22.1. The fourth-order valence-corrected chi connectivity index (χ4v) is 4.35. The van der Waals surface area contributed by atoms with Crippen LogP contribution in [0.2, 0.25) is 0 Å². The van der Waals surface area contributed by atoms with Gasteiger partial charge in [-0.3, -0.25) is 4.79 Å². The van der Waals surface area contributed by atoms with Crippen molar-refractivity contribution in [2.45, 2.75) is 16.0 Å². The third kappa shape index (κ3) is 4.89. The van der Waals surface area contributed by atoms with Gasteiger partial charge in [-0.05, 0) is 36.6 Å². The Morgan fingerprint density at radius 2 is 1.77 bits per heavy atom. The lowest BCUT2D eigenvalue weighted by atomic mass is 10.1. The predicted octanol–water partition coefficient (Wildman–Crippen LogP) is 3.19. The van der Waals surface area contributed by atoms with Gasteiger partial charge in [-0.15, -0.1) is 11.8 Å². The highest BCUT2D eigenvalue weighted by Gasteiger charge is 2.31. The smallest absolute Gasteiger partial charge is 0.353 e. The largest absolute Gasteiger partial charge is 0.417 e. The molecule has 0 N–H and O–H groups in total. The average molecular weight is 460 g/mol. The number of hydrogen-bond acceptors (Lipinski definition) is 6. The van der Waals surface area contributed by atoms with Gasteiger partial charge in [0.25, 0.3) is 5.91 Å². The van der Waals surface area contributed by atoms with Crippen LogP contribution in [0.1, 0.15) is 15.9 Å². The van der Waals surface area contributed by atoms with Gasteiger partial charge >= 0.3 is 6.18 Å². The first-order valence-corrected chi connectivity index (χ1v) is 12.1. The molecule has 0 radical (unpaired) electrons. The number of hydrogen-bond donors (Lipinski definition) is 0. The summed E-state index contributed by atoms with van der Waals surface area (Å²) in [7, 11) is -3.45. The van der Waals surface area contributed by atoms with Crippen LogP contribution in [0.4, 0.5) is 19.0 Å². The third-order valence-corrected chi connectivity index (χ3v) is 6.70. The number of amides is 1. The summed E-state index contributed by atoms with van der Waals surface area (Å²) in [5, 5.41) is 0. The van der Waals surface area contributed by atoms with E-state index in [4.69, 9.17) is 0 Å². The zero-order valence-corrected chi connectivity index (χ0v) is 17.9. The fourth-order valence-electron chi connectivity index (χ4n) is 3.13. The van der Waals surface area contributed by atoms with E-state index in [0.29, 0.717) is 42.5 Å². The number of nitrogens with zero attached hydrogens (tertiary/aromatic N) is 3. The number of piperazine rings is 1. The molecule has 1 aliphatic heterocycles. The molecule has 1 saturated heterocycles. The molecule has 1 fully saturated rings. The number of sulfone groups is 1. The maximum Gasteiger partial charge on any atom is 0.417 e. The second-order valence-corrected chi connectivity index (χ2v) is 9.68. The van der Waals surface area contributed by atoms with Crippen molar-refractivity contribution in [1.82, 2.24) is 9.88 Å². The normalized spacial score (nSPS) is 15.4.